The molecule has 0 aliphatic carbocycles. The zero-order valence-electron chi connectivity index (χ0n) is 10.1. The normalized spacial score (nSPS) is 24.8. The van der Waals surface area contributed by atoms with Crippen molar-refractivity contribution in [1.82, 2.24) is 5.32 Å². The summed E-state index contributed by atoms with van der Waals surface area (Å²) in [6, 6.07) is 5.65. The van der Waals surface area contributed by atoms with Crippen LogP contribution in [0.1, 0.15) is 25.3 Å². The number of anilines is 1. The fraction of sp³-hybridized carbons (Fsp3) is 0.538. The van der Waals surface area contributed by atoms with Crippen molar-refractivity contribution >= 4 is 17.3 Å². The molecule has 1 unspecified atom stereocenters. The Hall–Kier alpha value is -0.770. The second-order valence-corrected chi connectivity index (χ2v) is 5.40. The van der Waals surface area contributed by atoms with Crippen LogP contribution in [-0.4, -0.2) is 18.8 Å². The molecule has 0 radical (unpaired) electrons. The number of nitrogen functional groups attached to an aromatic ring is 1. The highest BCUT2D eigenvalue weighted by Gasteiger charge is 2.26. The van der Waals surface area contributed by atoms with Gasteiger partial charge in [-0.25, -0.2) is 0 Å². The lowest BCUT2D eigenvalue weighted by atomic mass is 9.94. The first kappa shape index (κ1) is 12.7. The summed E-state index contributed by atoms with van der Waals surface area (Å²) in [5.41, 5.74) is 7.65. The van der Waals surface area contributed by atoms with Crippen LogP contribution >= 0.6 is 11.6 Å². The fourth-order valence-corrected chi connectivity index (χ4v) is 2.43. The Bertz CT molecular complexity index is 369. The molecular formula is C13H19ClN2O. The van der Waals surface area contributed by atoms with Crippen LogP contribution in [0, 0.1) is 0 Å². The number of halogens is 1. The van der Waals surface area contributed by atoms with E-state index in [9.17, 15) is 0 Å². The molecule has 0 bridgehead atoms. The molecule has 1 aliphatic heterocycles. The van der Waals surface area contributed by atoms with Gasteiger partial charge in [0.2, 0.25) is 0 Å². The first-order valence-corrected chi connectivity index (χ1v) is 6.33. The van der Waals surface area contributed by atoms with Crippen molar-refractivity contribution in [2.75, 3.05) is 18.9 Å². The zero-order chi connectivity index (χ0) is 12.3. The molecule has 1 fully saturated rings. The quantitative estimate of drug-likeness (QED) is 0.815. The molecule has 17 heavy (non-hydrogen) atoms. The predicted octanol–water partition coefficient (Wildman–Crippen LogP) is 2.58. The first-order valence-electron chi connectivity index (χ1n) is 5.95. The Labute approximate surface area is 107 Å². The molecule has 1 atom stereocenters. The molecule has 1 heterocycles. The van der Waals surface area contributed by atoms with Crippen molar-refractivity contribution < 1.29 is 4.74 Å². The molecule has 4 heteroatoms. The minimum absolute atomic E-state index is 0.0648. The number of hydrogen-bond donors (Lipinski definition) is 2. The van der Waals surface area contributed by atoms with Gasteiger partial charge in [-0.2, -0.15) is 0 Å². The summed E-state index contributed by atoms with van der Waals surface area (Å²) >= 11 is 5.97. The maximum Gasteiger partial charge on any atom is 0.0645 e. The minimum atomic E-state index is 0.0648. The van der Waals surface area contributed by atoms with Crippen LogP contribution in [0.25, 0.3) is 0 Å². The average Bonchev–Trinajstić information content (AvgIpc) is 2.26. The number of hydrogen-bond acceptors (Lipinski definition) is 3. The maximum absolute atomic E-state index is 5.97. The summed E-state index contributed by atoms with van der Waals surface area (Å²) in [5, 5.41) is 4.22. The highest BCUT2D eigenvalue weighted by atomic mass is 35.5. The molecule has 0 saturated carbocycles. The Kier molecular flexibility index (Phi) is 3.92. The molecule has 1 aliphatic rings. The van der Waals surface area contributed by atoms with Crippen molar-refractivity contribution in [2.24, 2.45) is 0 Å². The van der Waals surface area contributed by atoms with E-state index in [1.807, 2.05) is 12.1 Å². The van der Waals surface area contributed by atoms with Gasteiger partial charge in [0.15, 0.2) is 0 Å². The minimum Gasteiger partial charge on any atom is -0.399 e. The van der Waals surface area contributed by atoms with Crippen molar-refractivity contribution in [3.05, 3.63) is 28.8 Å². The molecule has 1 saturated heterocycles. The Morgan fingerprint density at radius 1 is 1.47 bits per heavy atom. The molecule has 3 nitrogen and oxygen atoms in total. The molecule has 2 rings (SSSR count). The lowest BCUT2D eigenvalue weighted by Crippen LogP contribution is -2.48. The lowest BCUT2D eigenvalue weighted by Gasteiger charge is -2.34. The smallest absolute Gasteiger partial charge is 0.0645 e. The van der Waals surface area contributed by atoms with E-state index in [0.717, 1.165) is 38.2 Å². The van der Waals surface area contributed by atoms with E-state index in [1.54, 1.807) is 6.07 Å². The third-order valence-corrected chi connectivity index (χ3v) is 3.36. The van der Waals surface area contributed by atoms with Crippen LogP contribution in [0.3, 0.4) is 0 Å². The molecule has 3 N–H and O–H groups in total. The molecule has 1 aromatic rings. The molecule has 0 amide bonds. The van der Waals surface area contributed by atoms with Crippen molar-refractivity contribution in [2.45, 2.75) is 31.8 Å². The van der Waals surface area contributed by atoms with Gasteiger partial charge >= 0.3 is 0 Å². The van der Waals surface area contributed by atoms with Crippen LogP contribution in [0.4, 0.5) is 5.69 Å². The molecular weight excluding hydrogens is 236 g/mol. The Morgan fingerprint density at radius 3 is 2.94 bits per heavy atom. The predicted molar refractivity (Wildman–Crippen MR) is 71.2 cm³/mol. The van der Waals surface area contributed by atoms with Gasteiger partial charge in [-0.15, -0.1) is 0 Å². The van der Waals surface area contributed by atoms with Gasteiger partial charge in [0.25, 0.3) is 0 Å². The third kappa shape index (κ3) is 3.60. The topological polar surface area (TPSA) is 47.3 Å². The van der Waals surface area contributed by atoms with E-state index in [-0.39, 0.29) is 5.54 Å². The SMILES string of the molecule is CC1(NCc2cc(N)cc(Cl)c2)CCCOC1. The van der Waals surface area contributed by atoms with Gasteiger partial charge in [0.1, 0.15) is 0 Å². The van der Waals surface area contributed by atoms with E-state index in [4.69, 9.17) is 22.1 Å². The molecule has 94 valence electrons. The summed E-state index contributed by atoms with van der Waals surface area (Å²) in [6.45, 7) is 4.61. The van der Waals surface area contributed by atoms with Crippen molar-refractivity contribution in [1.29, 1.82) is 0 Å². The molecule has 1 aromatic carbocycles. The molecule has 0 spiro atoms. The second kappa shape index (κ2) is 5.25. The monoisotopic (exact) mass is 254 g/mol. The van der Waals surface area contributed by atoms with Crippen LogP contribution in [0.15, 0.2) is 18.2 Å². The van der Waals surface area contributed by atoms with Crippen LogP contribution in [0.5, 0.6) is 0 Å². The summed E-state index contributed by atoms with van der Waals surface area (Å²) in [5.74, 6) is 0. The second-order valence-electron chi connectivity index (χ2n) is 4.96. The van der Waals surface area contributed by atoms with Gasteiger partial charge in [0, 0.05) is 29.4 Å². The average molecular weight is 255 g/mol. The van der Waals surface area contributed by atoms with E-state index < -0.39 is 0 Å². The van der Waals surface area contributed by atoms with Gasteiger partial charge in [-0.05, 0) is 43.5 Å². The zero-order valence-corrected chi connectivity index (χ0v) is 10.9. The van der Waals surface area contributed by atoms with Gasteiger partial charge in [-0.1, -0.05) is 11.6 Å². The summed E-state index contributed by atoms with van der Waals surface area (Å²) in [7, 11) is 0. The van der Waals surface area contributed by atoms with Crippen LogP contribution in [-0.2, 0) is 11.3 Å². The fourth-order valence-electron chi connectivity index (χ4n) is 2.17. The van der Waals surface area contributed by atoms with E-state index in [0.29, 0.717) is 10.7 Å². The van der Waals surface area contributed by atoms with Gasteiger partial charge in [0.05, 0.1) is 6.61 Å². The lowest BCUT2D eigenvalue weighted by molar-refractivity contribution is 0.0278. The largest absolute Gasteiger partial charge is 0.399 e. The Morgan fingerprint density at radius 2 is 2.29 bits per heavy atom. The third-order valence-electron chi connectivity index (χ3n) is 3.14. The maximum atomic E-state index is 5.97. The highest BCUT2D eigenvalue weighted by Crippen LogP contribution is 2.21. The number of rotatable bonds is 3. The molecule has 0 aromatic heterocycles. The standard InChI is InChI=1S/C13H19ClN2O/c1-13(3-2-4-17-9-13)16-8-10-5-11(14)7-12(15)6-10/h5-7,16H,2-4,8-9,15H2,1H3. The Balaban J connectivity index is 1.96. The van der Waals surface area contributed by atoms with Crippen molar-refractivity contribution in [3.63, 3.8) is 0 Å². The number of ether oxygens (including phenoxy) is 1. The number of nitrogens with one attached hydrogen (secondary N) is 1. The van der Waals surface area contributed by atoms with Crippen LogP contribution < -0.4 is 11.1 Å². The van der Waals surface area contributed by atoms with E-state index >= 15 is 0 Å². The number of benzene rings is 1. The summed E-state index contributed by atoms with van der Waals surface area (Å²) in [4.78, 5) is 0. The first-order chi connectivity index (χ1) is 8.07. The van der Waals surface area contributed by atoms with E-state index in [2.05, 4.69) is 12.2 Å². The van der Waals surface area contributed by atoms with Crippen LogP contribution in [0.2, 0.25) is 5.02 Å². The summed E-state index contributed by atoms with van der Waals surface area (Å²) < 4.78 is 5.51. The highest BCUT2D eigenvalue weighted by molar-refractivity contribution is 6.30. The van der Waals surface area contributed by atoms with Gasteiger partial charge in [-0.3, -0.25) is 0 Å². The van der Waals surface area contributed by atoms with Gasteiger partial charge < -0.3 is 15.8 Å². The van der Waals surface area contributed by atoms with E-state index in [1.165, 1.54) is 0 Å². The number of nitrogens with two attached hydrogens (primary N) is 1. The summed E-state index contributed by atoms with van der Waals surface area (Å²) in [6.07, 6.45) is 2.25. The van der Waals surface area contributed by atoms with Crippen molar-refractivity contribution in [3.8, 4) is 0 Å².